The van der Waals surface area contributed by atoms with E-state index in [-0.39, 0.29) is 24.2 Å². The molecule has 5 heteroatoms. The molecule has 1 fully saturated rings. The van der Waals surface area contributed by atoms with Crippen LogP contribution in [-0.4, -0.2) is 30.5 Å². The average molecular weight is 334 g/mol. The van der Waals surface area contributed by atoms with E-state index in [1.807, 2.05) is 24.3 Å². The summed E-state index contributed by atoms with van der Waals surface area (Å²) >= 11 is 5.90. The van der Waals surface area contributed by atoms with Crippen molar-refractivity contribution in [3.05, 3.63) is 70.5 Å². The Morgan fingerprint density at radius 2 is 1.87 bits per heavy atom. The predicted octanol–water partition coefficient (Wildman–Crippen LogP) is 3.62. The fourth-order valence-electron chi connectivity index (χ4n) is 2.64. The van der Waals surface area contributed by atoms with Gasteiger partial charge in [-0.3, -0.25) is 4.79 Å². The predicted molar refractivity (Wildman–Crippen MR) is 86.8 cm³/mol. The SMILES string of the molecule is O=C(Cc1ccc(F)cc1)N1CCOC(c2ccc(Cl)cc2)C1. The van der Waals surface area contributed by atoms with Crippen LogP contribution in [0.25, 0.3) is 0 Å². The molecule has 2 aromatic rings. The molecule has 3 rings (SSSR count). The summed E-state index contributed by atoms with van der Waals surface area (Å²) in [5.74, 6) is -0.269. The molecule has 1 atom stereocenters. The summed E-state index contributed by atoms with van der Waals surface area (Å²) in [5.41, 5.74) is 1.82. The molecule has 23 heavy (non-hydrogen) atoms. The second-order valence-electron chi connectivity index (χ2n) is 5.55. The molecule has 2 aromatic carbocycles. The molecule has 1 heterocycles. The van der Waals surface area contributed by atoms with Gasteiger partial charge in [-0.15, -0.1) is 0 Å². The first-order chi connectivity index (χ1) is 11.1. The number of rotatable bonds is 3. The van der Waals surface area contributed by atoms with Gasteiger partial charge in [0.15, 0.2) is 0 Å². The average Bonchev–Trinajstić information content (AvgIpc) is 2.58. The van der Waals surface area contributed by atoms with E-state index in [0.717, 1.165) is 11.1 Å². The molecular formula is C18H17ClFNO2. The number of amides is 1. The van der Waals surface area contributed by atoms with E-state index in [1.165, 1.54) is 12.1 Å². The van der Waals surface area contributed by atoms with Gasteiger partial charge in [0.25, 0.3) is 0 Å². The molecule has 0 saturated carbocycles. The zero-order valence-corrected chi connectivity index (χ0v) is 13.3. The van der Waals surface area contributed by atoms with Crippen LogP contribution in [0.4, 0.5) is 4.39 Å². The minimum absolute atomic E-state index is 0.0267. The van der Waals surface area contributed by atoms with Crippen molar-refractivity contribution in [1.29, 1.82) is 0 Å². The van der Waals surface area contributed by atoms with Crippen molar-refractivity contribution < 1.29 is 13.9 Å². The maximum atomic E-state index is 12.9. The Hall–Kier alpha value is -1.91. The number of nitrogens with zero attached hydrogens (tertiary/aromatic N) is 1. The van der Waals surface area contributed by atoms with Crippen molar-refractivity contribution in [1.82, 2.24) is 4.90 Å². The normalized spacial score (nSPS) is 18.0. The highest BCUT2D eigenvalue weighted by Gasteiger charge is 2.25. The maximum absolute atomic E-state index is 12.9. The van der Waals surface area contributed by atoms with Gasteiger partial charge in [-0.1, -0.05) is 35.9 Å². The summed E-state index contributed by atoms with van der Waals surface area (Å²) in [7, 11) is 0. The Morgan fingerprint density at radius 1 is 1.17 bits per heavy atom. The van der Waals surface area contributed by atoms with E-state index >= 15 is 0 Å². The molecule has 120 valence electrons. The lowest BCUT2D eigenvalue weighted by atomic mass is 10.1. The van der Waals surface area contributed by atoms with Gasteiger partial charge in [-0.05, 0) is 35.4 Å². The minimum atomic E-state index is -0.296. The van der Waals surface area contributed by atoms with E-state index < -0.39 is 0 Å². The second-order valence-corrected chi connectivity index (χ2v) is 5.99. The molecule has 1 saturated heterocycles. The largest absolute Gasteiger partial charge is 0.370 e. The van der Waals surface area contributed by atoms with Crippen LogP contribution >= 0.6 is 11.6 Å². The lowest BCUT2D eigenvalue weighted by Crippen LogP contribution is -2.42. The van der Waals surface area contributed by atoms with Crippen LogP contribution in [0.2, 0.25) is 5.02 Å². The molecule has 0 spiro atoms. The minimum Gasteiger partial charge on any atom is -0.370 e. The van der Waals surface area contributed by atoms with Gasteiger partial charge in [-0.25, -0.2) is 4.39 Å². The first-order valence-electron chi connectivity index (χ1n) is 7.51. The quantitative estimate of drug-likeness (QED) is 0.858. The van der Waals surface area contributed by atoms with E-state index in [0.29, 0.717) is 24.7 Å². The second kappa shape index (κ2) is 7.11. The summed E-state index contributed by atoms with van der Waals surface area (Å²) in [6.07, 6.45) is 0.131. The number of ether oxygens (including phenoxy) is 1. The third-order valence-electron chi connectivity index (χ3n) is 3.93. The fourth-order valence-corrected chi connectivity index (χ4v) is 2.77. The monoisotopic (exact) mass is 333 g/mol. The van der Waals surface area contributed by atoms with Crippen molar-refractivity contribution in [3.8, 4) is 0 Å². The van der Waals surface area contributed by atoms with Gasteiger partial charge >= 0.3 is 0 Å². The van der Waals surface area contributed by atoms with Crippen molar-refractivity contribution in [3.63, 3.8) is 0 Å². The number of benzene rings is 2. The topological polar surface area (TPSA) is 29.5 Å². The molecule has 3 nitrogen and oxygen atoms in total. The van der Waals surface area contributed by atoms with Gasteiger partial charge in [0.1, 0.15) is 11.9 Å². The number of hydrogen-bond acceptors (Lipinski definition) is 2. The molecule has 1 aliphatic rings. The van der Waals surface area contributed by atoms with Gasteiger partial charge in [-0.2, -0.15) is 0 Å². The summed E-state index contributed by atoms with van der Waals surface area (Å²) in [6, 6.07) is 13.5. The summed E-state index contributed by atoms with van der Waals surface area (Å²) in [5, 5.41) is 0.675. The van der Waals surface area contributed by atoms with Crippen LogP contribution in [0.15, 0.2) is 48.5 Å². The number of morpholine rings is 1. The number of halogens is 2. The molecule has 0 bridgehead atoms. The van der Waals surface area contributed by atoms with Crippen LogP contribution in [0.1, 0.15) is 17.2 Å². The summed E-state index contributed by atoms with van der Waals surface area (Å²) in [6.45, 7) is 1.59. The Morgan fingerprint density at radius 3 is 2.57 bits per heavy atom. The van der Waals surface area contributed by atoms with E-state index in [2.05, 4.69) is 0 Å². The molecule has 1 aliphatic heterocycles. The maximum Gasteiger partial charge on any atom is 0.227 e. The van der Waals surface area contributed by atoms with Gasteiger partial charge in [0.05, 0.1) is 19.6 Å². The zero-order chi connectivity index (χ0) is 16.2. The molecule has 1 unspecified atom stereocenters. The molecule has 1 amide bonds. The number of hydrogen-bond donors (Lipinski definition) is 0. The van der Waals surface area contributed by atoms with Crippen molar-refractivity contribution in [2.75, 3.05) is 19.7 Å². The van der Waals surface area contributed by atoms with E-state index in [4.69, 9.17) is 16.3 Å². The molecule has 0 aromatic heterocycles. The van der Waals surface area contributed by atoms with Crippen LogP contribution < -0.4 is 0 Å². The lowest BCUT2D eigenvalue weighted by Gasteiger charge is -2.33. The highest BCUT2D eigenvalue weighted by molar-refractivity contribution is 6.30. The number of carbonyl (C=O) groups is 1. The molecular weight excluding hydrogens is 317 g/mol. The highest BCUT2D eigenvalue weighted by Crippen LogP contribution is 2.24. The van der Waals surface area contributed by atoms with Crippen molar-refractivity contribution in [2.24, 2.45) is 0 Å². The third-order valence-corrected chi connectivity index (χ3v) is 4.18. The van der Waals surface area contributed by atoms with E-state index in [1.54, 1.807) is 17.0 Å². The van der Waals surface area contributed by atoms with Crippen LogP contribution in [-0.2, 0) is 16.0 Å². The Balaban J connectivity index is 1.64. The lowest BCUT2D eigenvalue weighted by molar-refractivity contribution is -0.138. The first kappa shape index (κ1) is 16.0. The van der Waals surface area contributed by atoms with Crippen LogP contribution in [0, 0.1) is 5.82 Å². The Bertz CT molecular complexity index is 672. The highest BCUT2D eigenvalue weighted by atomic mass is 35.5. The summed E-state index contributed by atoms with van der Waals surface area (Å²) < 4.78 is 18.7. The van der Waals surface area contributed by atoms with Crippen LogP contribution in [0.3, 0.4) is 0 Å². The molecule has 0 radical (unpaired) electrons. The van der Waals surface area contributed by atoms with E-state index in [9.17, 15) is 9.18 Å². The zero-order valence-electron chi connectivity index (χ0n) is 12.5. The van der Waals surface area contributed by atoms with Gasteiger partial charge < -0.3 is 9.64 Å². The third kappa shape index (κ3) is 4.09. The molecule has 0 aliphatic carbocycles. The first-order valence-corrected chi connectivity index (χ1v) is 7.89. The molecule has 0 N–H and O–H groups in total. The van der Waals surface area contributed by atoms with Crippen molar-refractivity contribution in [2.45, 2.75) is 12.5 Å². The Labute approximate surface area is 139 Å². The van der Waals surface area contributed by atoms with Crippen molar-refractivity contribution >= 4 is 17.5 Å². The van der Waals surface area contributed by atoms with Crippen LogP contribution in [0.5, 0.6) is 0 Å². The van der Waals surface area contributed by atoms with Gasteiger partial charge in [0.2, 0.25) is 5.91 Å². The Kier molecular flexibility index (Phi) is 4.94. The fraction of sp³-hybridized carbons (Fsp3) is 0.278. The van der Waals surface area contributed by atoms with Gasteiger partial charge in [0, 0.05) is 11.6 Å². The number of carbonyl (C=O) groups excluding carboxylic acids is 1. The standard InChI is InChI=1S/C18H17ClFNO2/c19-15-5-3-14(4-6-15)17-12-21(9-10-23-17)18(22)11-13-1-7-16(20)8-2-13/h1-8,17H,9-12H2. The summed E-state index contributed by atoms with van der Waals surface area (Å²) in [4.78, 5) is 14.2. The smallest absolute Gasteiger partial charge is 0.227 e.